The maximum Gasteiger partial charge on any atom is 2.00 e. The summed E-state index contributed by atoms with van der Waals surface area (Å²) in [4.78, 5) is 62.0. The van der Waals surface area contributed by atoms with E-state index in [-0.39, 0.29) is 79.6 Å². The van der Waals surface area contributed by atoms with Crippen molar-refractivity contribution < 1.29 is 86.5 Å². The Kier molecular flexibility index (Phi) is 28.6. The monoisotopic (exact) mass is 1990 g/mol. The van der Waals surface area contributed by atoms with Gasteiger partial charge in [-0.25, -0.2) is 0 Å². The molecule has 5 aromatic heterocycles. The van der Waals surface area contributed by atoms with Crippen LogP contribution in [0.1, 0.15) is 74.3 Å². The second kappa shape index (κ2) is 38.5. The molecule has 0 amide bonds. The Balaban J connectivity index is 0.000000195. The van der Waals surface area contributed by atoms with Crippen LogP contribution < -0.4 is 0 Å². The van der Waals surface area contributed by atoms with E-state index in [0.717, 1.165) is 44.5 Å². The summed E-state index contributed by atoms with van der Waals surface area (Å²) in [6.07, 6.45) is 10.2. The van der Waals surface area contributed by atoms with Crippen LogP contribution >= 0.6 is 0 Å². The summed E-state index contributed by atoms with van der Waals surface area (Å²) in [6.45, 7) is 18.8. The summed E-state index contributed by atoms with van der Waals surface area (Å²) in [5.74, 6) is -0.0190. The Hall–Kier alpha value is -12.8. The zero-order valence-corrected chi connectivity index (χ0v) is 67.2. The number of allylic oxidation sites excluding steroid dienone is 2. The molecule has 12 nitrogen and oxygen atoms in total. The number of benzene rings is 11. The van der Waals surface area contributed by atoms with Crippen molar-refractivity contribution in [1.82, 2.24) is 24.9 Å². The van der Waals surface area contributed by atoms with E-state index in [2.05, 4.69) is 251 Å². The summed E-state index contributed by atoms with van der Waals surface area (Å²) < 4.78 is 0. The van der Waals surface area contributed by atoms with Crippen molar-refractivity contribution in [3.63, 3.8) is 0 Å². The molecular formula is C97H66IrN7O5Pt2-. The molecule has 1 radical (unpaired) electrons. The number of nitrogens with zero attached hydrogens (tertiary/aromatic N) is 7. The van der Waals surface area contributed by atoms with Gasteiger partial charge in [0.2, 0.25) is 0 Å². The Morgan fingerprint density at radius 1 is 0.366 bits per heavy atom. The van der Waals surface area contributed by atoms with Crippen LogP contribution in [0.2, 0.25) is 0 Å². The van der Waals surface area contributed by atoms with E-state index >= 15 is 0 Å². The largest absolute Gasteiger partial charge is 2.00 e. The fourth-order valence-corrected chi connectivity index (χ4v) is 15.5. The van der Waals surface area contributed by atoms with Crippen LogP contribution in [-0.2, 0) is 87.4 Å². The SMILES string of the molecule is CC(=O)C=C(C)O.O=C(c1ccc2c(c1)C1(c3ccccc3-c3ccccc31)c1ccccc1-2)c1ccc2c(c1)C1(c3ccccc3-c3ccccc31)c1ccccc1-2.[C-]#N.[C-]#N.[CH-]=O.[CH-]=O.[Ir].[Pt+2].[Pt+2].[c-]1ccccc1-c1nccc2ccccc12.c1ccc(-c2ccccn2)nc1.c1cnc2c(c1)ccc1cccnc12. The van der Waals surface area contributed by atoms with Gasteiger partial charge in [0.15, 0.2) is 11.6 Å². The molecule has 0 aliphatic heterocycles. The molecule has 1 N–H and O–H groups in total. The van der Waals surface area contributed by atoms with Gasteiger partial charge in [-0.1, -0.05) is 231 Å². The van der Waals surface area contributed by atoms with Crippen molar-refractivity contribution in [2.75, 3.05) is 0 Å². The van der Waals surface area contributed by atoms with E-state index in [9.17, 15) is 9.59 Å². The third-order valence-corrected chi connectivity index (χ3v) is 19.5. The van der Waals surface area contributed by atoms with Crippen molar-refractivity contribution in [2.45, 2.75) is 24.7 Å². The zero-order chi connectivity index (χ0) is 76.4. The number of carbonyl (C=O) groups excluding carboxylic acids is 4. The Labute approximate surface area is 692 Å². The molecule has 2 spiro atoms. The molecule has 0 unspecified atom stereocenters. The van der Waals surface area contributed by atoms with Crippen molar-refractivity contribution in [3.8, 4) is 67.2 Å². The van der Waals surface area contributed by atoms with Gasteiger partial charge in [0, 0.05) is 79.1 Å². The number of ketones is 2. The number of aromatic nitrogens is 5. The summed E-state index contributed by atoms with van der Waals surface area (Å²) >= 11 is 0. The molecule has 0 bridgehead atoms. The number of hydrogen-bond donors (Lipinski definition) is 1. The molecule has 4 aliphatic carbocycles. The molecule has 4 aliphatic rings. The van der Waals surface area contributed by atoms with Gasteiger partial charge in [0.25, 0.3) is 0 Å². The molecule has 0 saturated carbocycles. The molecule has 16 aromatic rings. The number of hydrogen-bond acceptors (Lipinski definition) is 12. The summed E-state index contributed by atoms with van der Waals surface area (Å²) in [5.41, 5.74) is 26.2. The maximum atomic E-state index is 15.0. The molecule has 20 rings (SSSR count). The molecule has 5 heterocycles. The van der Waals surface area contributed by atoms with Crippen LogP contribution in [0.5, 0.6) is 0 Å². The third kappa shape index (κ3) is 15.7. The van der Waals surface area contributed by atoms with Crippen LogP contribution in [0.15, 0.2) is 352 Å². The van der Waals surface area contributed by atoms with Crippen molar-refractivity contribution in [2.24, 2.45) is 0 Å². The predicted molar refractivity (Wildman–Crippen MR) is 430 cm³/mol. The summed E-state index contributed by atoms with van der Waals surface area (Å²) in [7, 11) is 0. The minimum Gasteiger partial charge on any atom is -0.545 e. The van der Waals surface area contributed by atoms with E-state index in [1.54, 1.807) is 24.8 Å². The van der Waals surface area contributed by atoms with Gasteiger partial charge >= 0.3 is 42.1 Å². The van der Waals surface area contributed by atoms with E-state index in [0.29, 0.717) is 11.1 Å². The number of fused-ring (bicyclic) bond motifs is 24. The second-order valence-electron chi connectivity index (χ2n) is 25.3. The van der Waals surface area contributed by atoms with E-state index in [1.807, 2.05) is 109 Å². The van der Waals surface area contributed by atoms with Crippen LogP contribution in [0.25, 0.3) is 99.7 Å². The Morgan fingerprint density at radius 3 is 1.05 bits per heavy atom. The normalized spacial score (nSPS) is 11.6. The summed E-state index contributed by atoms with van der Waals surface area (Å²) in [6, 6.07) is 111. The number of rotatable bonds is 5. The Bertz CT molecular complexity index is 5650. The van der Waals surface area contributed by atoms with Gasteiger partial charge in [-0.3, -0.25) is 43.1 Å². The van der Waals surface area contributed by atoms with Crippen molar-refractivity contribution in [1.29, 1.82) is 10.5 Å². The van der Waals surface area contributed by atoms with E-state index < -0.39 is 10.8 Å². The first-order valence-corrected chi connectivity index (χ1v) is 34.7. The second-order valence-corrected chi connectivity index (χ2v) is 25.3. The summed E-state index contributed by atoms with van der Waals surface area (Å²) in [5, 5.41) is 25.5. The molecular weight excluding hydrogens is 1930 g/mol. The first-order chi connectivity index (χ1) is 53.7. The van der Waals surface area contributed by atoms with Gasteiger partial charge in [0.1, 0.15) is 0 Å². The van der Waals surface area contributed by atoms with Crippen LogP contribution in [0.4, 0.5) is 0 Å². The van der Waals surface area contributed by atoms with Gasteiger partial charge < -0.3 is 43.3 Å². The van der Waals surface area contributed by atoms with Gasteiger partial charge in [-0.2, -0.15) is 0 Å². The van der Waals surface area contributed by atoms with Gasteiger partial charge in [0.05, 0.1) is 39.0 Å². The standard InChI is InChI=1S/C51H30O.C15H10N.C12H8N2.C10H8N2.C5H8O2.2CN.2CHO.Ir.2Pt/c52-49(31-25-27-39-37-17-5-11-23-45(37)50(47(39)29-31)41-19-7-1-13-33(41)34-14-2-8-20-42(34)50)32-26-28-40-38-18-6-12-24-46(38)51(48(40)30-32)43-21-9-3-15-35(43)36-16-4-10-22-44(36)51;1-2-7-13(8-3-1)15-14-9-5-4-6-12(14)10-11-16-15;1-3-9-5-6-10-4-2-8-14-12(10)11(9)13-7-1;1-3-7-11-9(5-1)10-6-2-4-8-12-10;1-4(6)3-5(2)7;4*1-2;;;/h1-30H;1-7,9-11H;1-8H;1-8H;3,6H,1-2H3;;;2*1H;;;/q;-1;;;;4*-1;;2*+2. The van der Waals surface area contributed by atoms with Crippen LogP contribution in [0.3, 0.4) is 0 Å². The smallest absolute Gasteiger partial charge is 0.545 e. The zero-order valence-electron chi connectivity index (χ0n) is 60.2. The number of aliphatic hydroxyl groups excluding tert-OH is 1. The first-order valence-electron chi connectivity index (χ1n) is 34.7. The molecule has 0 fully saturated rings. The fourth-order valence-electron chi connectivity index (χ4n) is 15.5. The van der Waals surface area contributed by atoms with E-state index in [4.69, 9.17) is 38.4 Å². The minimum atomic E-state index is -0.490. The van der Waals surface area contributed by atoms with Gasteiger partial charge in [-0.15, -0.1) is 35.9 Å². The average molecular weight is 1990 g/mol. The number of pyridine rings is 5. The number of carbonyl (C=O) groups is 2. The van der Waals surface area contributed by atoms with E-state index in [1.165, 1.54) is 120 Å². The average Bonchev–Trinajstić information content (AvgIpc) is 1.52. The maximum absolute atomic E-state index is 15.0. The van der Waals surface area contributed by atoms with Gasteiger partial charge in [-0.05, 0) is 174 Å². The predicted octanol–water partition coefficient (Wildman–Crippen LogP) is 20.9. The third-order valence-electron chi connectivity index (χ3n) is 19.5. The van der Waals surface area contributed by atoms with Crippen molar-refractivity contribution >= 4 is 57.7 Å². The minimum absolute atomic E-state index is 0. The molecule has 0 saturated heterocycles. The quantitative estimate of drug-likeness (QED) is 0.0427. The van der Waals surface area contributed by atoms with Crippen LogP contribution in [-0.4, -0.2) is 55.2 Å². The van der Waals surface area contributed by atoms with Crippen LogP contribution in [0, 0.1) is 29.7 Å². The molecule has 11 aromatic carbocycles. The molecule has 549 valence electrons. The molecule has 15 heteroatoms. The number of aliphatic hydroxyl groups is 1. The topological polar surface area (TPSA) is 201 Å². The molecule has 0 atom stereocenters. The molecule has 112 heavy (non-hydrogen) atoms. The fraction of sp³-hybridized carbons (Fsp3) is 0.0412. The Morgan fingerprint density at radius 2 is 0.705 bits per heavy atom. The first kappa shape index (κ1) is 83.2. The van der Waals surface area contributed by atoms with Crippen molar-refractivity contribution in [3.05, 3.63) is 427 Å².